The molecule has 2 aliphatic heterocycles. The van der Waals surface area contributed by atoms with Crippen molar-refractivity contribution in [1.29, 1.82) is 0 Å². The predicted octanol–water partition coefficient (Wildman–Crippen LogP) is 4.96. The van der Waals surface area contributed by atoms with E-state index in [1.54, 1.807) is 6.92 Å². The maximum atomic E-state index is 12.7. The van der Waals surface area contributed by atoms with Crippen LogP contribution >= 0.6 is 22.6 Å². The van der Waals surface area contributed by atoms with Crippen molar-refractivity contribution in [2.45, 2.75) is 20.0 Å². The highest BCUT2D eigenvalue weighted by Gasteiger charge is 2.41. The van der Waals surface area contributed by atoms with Crippen LogP contribution < -0.4 is 14.8 Å². The van der Waals surface area contributed by atoms with Crippen LogP contribution in [0.1, 0.15) is 24.4 Å². The zero-order valence-corrected chi connectivity index (χ0v) is 20.7. The second kappa shape index (κ2) is 9.18. The molecule has 3 heterocycles. The molecule has 33 heavy (non-hydrogen) atoms. The molecule has 0 aliphatic carbocycles. The number of benzene rings is 2. The van der Waals surface area contributed by atoms with Crippen molar-refractivity contribution >= 4 is 51.3 Å². The van der Waals surface area contributed by atoms with Crippen LogP contribution in [0.15, 0.2) is 70.2 Å². The van der Waals surface area contributed by atoms with E-state index in [4.69, 9.17) is 14.3 Å². The first kappa shape index (κ1) is 22.0. The summed E-state index contributed by atoms with van der Waals surface area (Å²) in [7, 11) is 0. The van der Waals surface area contributed by atoms with Gasteiger partial charge in [-0.15, -0.1) is 5.10 Å². The molecule has 1 aromatic heterocycles. The Morgan fingerprint density at radius 3 is 2.18 bits per heavy atom. The molecule has 1 unspecified atom stereocenters. The molecule has 2 aromatic carbocycles. The average Bonchev–Trinajstić information content (AvgIpc) is 3.44. The molecule has 3 aromatic rings. The molecule has 0 spiro atoms. The second-order valence-corrected chi connectivity index (χ2v) is 9.22. The van der Waals surface area contributed by atoms with Crippen LogP contribution in [0.2, 0.25) is 0 Å². The third-order valence-corrected chi connectivity index (χ3v) is 6.45. The number of amidine groups is 1. The molecule has 1 atom stereocenters. The number of halogens is 1. The number of anilines is 3. The molecule has 2 aliphatic rings. The number of furan rings is 1. The molecule has 0 bridgehead atoms. The highest BCUT2D eigenvalue weighted by molar-refractivity contribution is 14.1. The first-order valence-corrected chi connectivity index (χ1v) is 12.0. The number of carbonyl (C=O) groups is 1. The Bertz CT molecular complexity index is 1170. The maximum absolute atomic E-state index is 12.7. The van der Waals surface area contributed by atoms with E-state index >= 15 is 0 Å². The molecule has 7 nitrogen and oxygen atoms in total. The molecule has 0 amide bonds. The van der Waals surface area contributed by atoms with E-state index in [0.717, 1.165) is 58.5 Å². The molecule has 170 valence electrons. The number of rotatable bonds is 5. The van der Waals surface area contributed by atoms with Gasteiger partial charge in [0.05, 0.1) is 18.9 Å². The lowest BCUT2D eigenvalue weighted by atomic mass is 10.1. The normalized spacial score (nSPS) is 18.6. The Morgan fingerprint density at radius 2 is 1.58 bits per heavy atom. The summed E-state index contributed by atoms with van der Waals surface area (Å²) in [5.74, 6) is 0.997. The van der Waals surface area contributed by atoms with Crippen molar-refractivity contribution in [3.8, 4) is 0 Å². The highest BCUT2D eigenvalue weighted by atomic mass is 127. The van der Waals surface area contributed by atoms with Crippen LogP contribution in [0.25, 0.3) is 0 Å². The first-order valence-electron chi connectivity index (χ1n) is 10.9. The minimum atomic E-state index is -0.413. The largest absolute Gasteiger partial charge is 0.451 e. The zero-order valence-electron chi connectivity index (χ0n) is 18.6. The lowest BCUT2D eigenvalue weighted by Gasteiger charge is -2.31. The number of aryl methyl sites for hydroxylation is 1. The standard InChI is InChI=1S/C25H25IN4O3/c1-17-3-5-21(6-4-17)30-25(22-11-12-23(26)33-22)29(24(27-30)18(2)31)20-9-7-19(8-10-20)28-13-15-32-16-14-28/h3-12,25H,13-16H2,1-2H3. The molecular formula is C25H25IN4O3. The Kier molecular flexibility index (Phi) is 6.11. The summed E-state index contributed by atoms with van der Waals surface area (Å²) < 4.78 is 12.3. The van der Waals surface area contributed by atoms with Crippen LogP contribution in [-0.4, -0.2) is 37.9 Å². The van der Waals surface area contributed by atoms with Gasteiger partial charge in [0.1, 0.15) is 0 Å². The van der Waals surface area contributed by atoms with Gasteiger partial charge in [-0.2, -0.15) is 0 Å². The van der Waals surface area contributed by atoms with E-state index in [9.17, 15) is 4.79 Å². The molecule has 5 rings (SSSR count). The fraction of sp³-hybridized carbons (Fsp3) is 0.280. The minimum absolute atomic E-state index is 0.104. The van der Waals surface area contributed by atoms with Gasteiger partial charge >= 0.3 is 0 Å². The van der Waals surface area contributed by atoms with Gasteiger partial charge in [0.15, 0.2) is 27.3 Å². The van der Waals surface area contributed by atoms with Crippen LogP contribution in [0.3, 0.4) is 0 Å². The van der Waals surface area contributed by atoms with Gasteiger partial charge in [-0.1, -0.05) is 17.7 Å². The highest BCUT2D eigenvalue weighted by Crippen LogP contribution is 2.40. The van der Waals surface area contributed by atoms with Crippen LogP contribution in [-0.2, 0) is 9.53 Å². The summed E-state index contributed by atoms with van der Waals surface area (Å²) >= 11 is 2.16. The maximum Gasteiger partial charge on any atom is 0.198 e. The monoisotopic (exact) mass is 556 g/mol. The molecule has 0 saturated carbocycles. The van der Waals surface area contributed by atoms with Crippen molar-refractivity contribution in [3.63, 3.8) is 0 Å². The smallest absolute Gasteiger partial charge is 0.198 e. The lowest BCUT2D eigenvalue weighted by molar-refractivity contribution is -0.111. The van der Waals surface area contributed by atoms with E-state index in [1.807, 2.05) is 65.4 Å². The molecule has 1 fully saturated rings. The quantitative estimate of drug-likeness (QED) is 0.415. The van der Waals surface area contributed by atoms with Gasteiger partial charge < -0.3 is 14.1 Å². The number of hydrogen-bond donors (Lipinski definition) is 0. The van der Waals surface area contributed by atoms with Crippen molar-refractivity contribution in [3.05, 3.63) is 75.8 Å². The summed E-state index contributed by atoms with van der Waals surface area (Å²) in [4.78, 5) is 17.0. The van der Waals surface area contributed by atoms with Gasteiger partial charge in [-0.05, 0) is 78.0 Å². The summed E-state index contributed by atoms with van der Waals surface area (Å²) in [6.45, 7) is 6.82. The molecule has 8 heteroatoms. The predicted molar refractivity (Wildman–Crippen MR) is 138 cm³/mol. The van der Waals surface area contributed by atoms with Gasteiger partial charge in [-0.25, -0.2) is 5.01 Å². The Hall–Kier alpha value is -2.85. The molecular weight excluding hydrogens is 531 g/mol. The second-order valence-electron chi connectivity index (χ2n) is 8.16. The number of ketones is 1. The Labute approximate surface area is 206 Å². The number of Topliss-reactive ketones (excluding diaryl/α,β-unsaturated/α-hetero) is 1. The number of hydrazone groups is 1. The van der Waals surface area contributed by atoms with Crippen molar-refractivity contribution in [1.82, 2.24) is 0 Å². The van der Waals surface area contributed by atoms with Crippen molar-refractivity contribution in [2.75, 3.05) is 41.1 Å². The van der Waals surface area contributed by atoms with E-state index in [0.29, 0.717) is 5.84 Å². The summed E-state index contributed by atoms with van der Waals surface area (Å²) in [5.41, 5.74) is 4.07. The number of carbonyl (C=O) groups excluding carboxylic acids is 1. The van der Waals surface area contributed by atoms with Gasteiger partial charge in [0.2, 0.25) is 0 Å². The SMILES string of the molecule is CC(=O)C1=NN(c2ccc(C)cc2)C(c2ccc(I)o2)N1c1ccc(N2CCOCC2)cc1. The fourth-order valence-corrected chi connectivity index (χ4v) is 4.62. The summed E-state index contributed by atoms with van der Waals surface area (Å²) in [6.07, 6.45) is -0.413. The van der Waals surface area contributed by atoms with Crippen molar-refractivity contribution < 1.29 is 13.9 Å². The number of nitrogens with zero attached hydrogens (tertiary/aromatic N) is 4. The van der Waals surface area contributed by atoms with Crippen LogP contribution in [0, 0.1) is 10.7 Å². The number of hydrogen-bond acceptors (Lipinski definition) is 7. The van der Waals surface area contributed by atoms with Crippen molar-refractivity contribution in [2.24, 2.45) is 5.10 Å². The zero-order chi connectivity index (χ0) is 22.9. The Balaban J connectivity index is 1.56. The van der Waals surface area contributed by atoms with E-state index in [-0.39, 0.29) is 5.78 Å². The molecule has 0 radical (unpaired) electrons. The minimum Gasteiger partial charge on any atom is -0.451 e. The lowest BCUT2D eigenvalue weighted by Crippen LogP contribution is -2.38. The van der Waals surface area contributed by atoms with Gasteiger partial charge in [0.25, 0.3) is 0 Å². The van der Waals surface area contributed by atoms with E-state index in [1.165, 1.54) is 0 Å². The molecule has 0 N–H and O–H groups in total. The van der Waals surface area contributed by atoms with E-state index < -0.39 is 6.17 Å². The summed E-state index contributed by atoms with van der Waals surface area (Å²) in [6, 6.07) is 20.3. The summed E-state index contributed by atoms with van der Waals surface area (Å²) in [5, 5.41) is 6.62. The van der Waals surface area contributed by atoms with Crippen LogP contribution in [0.5, 0.6) is 0 Å². The molecule has 1 saturated heterocycles. The Morgan fingerprint density at radius 1 is 0.939 bits per heavy atom. The van der Waals surface area contributed by atoms with Gasteiger partial charge in [-0.3, -0.25) is 9.69 Å². The first-order chi connectivity index (χ1) is 16.0. The topological polar surface area (TPSA) is 61.5 Å². The average molecular weight is 556 g/mol. The number of ether oxygens (including phenoxy) is 1. The third-order valence-electron chi connectivity index (χ3n) is 5.87. The van der Waals surface area contributed by atoms with E-state index in [2.05, 4.69) is 39.6 Å². The fourth-order valence-electron chi connectivity index (χ4n) is 4.19. The third kappa shape index (κ3) is 4.37. The number of morpholine rings is 1. The van der Waals surface area contributed by atoms with Gasteiger partial charge in [0, 0.05) is 31.4 Å². The van der Waals surface area contributed by atoms with Crippen LogP contribution in [0.4, 0.5) is 17.1 Å².